The molecule has 0 bridgehead atoms. The number of amides is 1. The highest BCUT2D eigenvalue weighted by atomic mass is 32.1. The Balaban J connectivity index is 2.12. The van der Waals surface area contributed by atoms with E-state index in [2.05, 4.69) is 10.5 Å². The van der Waals surface area contributed by atoms with Gasteiger partial charge in [-0.15, -0.1) is 11.3 Å². The number of carbonyl (C=O) groups is 1. The van der Waals surface area contributed by atoms with Crippen LogP contribution in [-0.2, 0) is 0 Å². The Morgan fingerprint density at radius 3 is 2.55 bits per heavy atom. The number of nitrogens with one attached hydrogen (secondary N) is 1. The van der Waals surface area contributed by atoms with Crippen LogP contribution in [0.1, 0.15) is 32.6 Å². The number of hydrazone groups is 1. The molecule has 1 amide bonds. The quantitative estimate of drug-likeness (QED) is 0.532. The summed E-state index contributed by atoms with van der Waals surface area (Å²) in [6.07, 6.45) is 0. The Kier molecular flexibility index (Phi) is 4.67. The van der Waals surface area contributed by atoms with E-state index in [0.717, 1.165) is 4.88 Å². The fourth-order valence-electron chi connectivity index (χ4n) is 1.88. The number of hydrogen-bond donors (Lipinski definition) is 1. The van der Waals surface area contributed by atoms with Crippen molar-refractivity contribution >= 4 is 28.6 Å². The third kappa shape index (κ3) is 3.56. The minimum absolute atomic E-state index is 0.00899. The lowest BCUT2D eigenvalue weighted by molar-refractivity contribution is -0.385. The molecule has 0 atom stereocenters. The highest BCUT2D eigenvalue weighted by Gasteiger charge is 2.13. The van der Waals surface area contributed by atoms with Crippen molar-refractivity contribution in [3.63, 3.8) is 0 Å². The summed E-state index contributed by atoms with van der Waals surface area (Å²) in [6, 6.07) is 8.15. The molecule has 6 nitrogen and oxygen atoms in total. The standard InChI is InChI=1S/C15H15N3O3S/c1-9-8-12(5-6-13(9)18(20)21)15(19)17-16-11(3)14-7-4-10(2)22-14/h4-8H,1-3H3,(H,17,19)/b16-11+. The molecule has 0 fully saturated rings. The number of carbonyl (C=O) groups excluding carboxylic acids is 1. The van der Waals surface area contributed by atoms with Gasteiger partial charge in [-0.3, -0.25) is 14.9 Å². The number of hydrogen-bond acceptors (Lipinski definition) is 5. The van der Waals surface area contributed by atoms with Crippen molar-refractivity contribution in [3.8, 4) is 0 Å². The van der Waals surface area contributed by atoms with E-state index in [0.29, 0.717) is 16.8 Å². The van der Waals surface area contributed by atoms with Gasteiger partial charge in [-0.2, -0.15) is 5.10 Å². The predicted octanol–water partition coefficient (Wildman–Crippen LogP) is 3.43. The number of rotatable bonds is 4. The number of nitrogens with zero attached hydrogens (tertiary/aromatic N) is 2. The minimum atomic E-state index is -0.474. The number of benzene rings is 1. The Morgan fingerprint density at radius 2 is 2.00 bits per heavy atom. The van der Waals surface area contributed by atoms with Crippen LogP contribution in [0.25, 0.3) is 0 Å². The van der Waals surface area contributed by atoms with Crippen LogP contribution in [0, 0.1) is 24.0 Å². The van der Waals surface area contributed by atoms with Gasteiger partial charge in [0.2, 0.25) is 0 Å². The maximum Gasteiger partial charge on any atom is 0.272 e. The third-order valence-electron chi connectivity index (χ3n) is 3.08. The first kappa shape index (κ1) is 15.8. The van der Waals surface area contributed by atoms with E-state index < -0.39 is 10.8 Å². The molecule has 0 unspecified atom stereocenters. The SMILES string of the molecule is C/C(=N\NC(=O)c1ccc([N+](=O)[O-])c(C)c1)c1ccc(C)s1. The first-order valence-electron chi connectivity index (χ1n) is 6.55. The molecule has 0 radical (unpaired) electrons. The maximum atomic E-state index is 12.0. The third-order valence-corrected chi connectivity index (χ3v) is 4.19. The highest BCUT2D eigenvalue weighted by Crippen LogP contribution is 2.19. The second-order valence-corrected chi connectivity index (χ2v) is 6.09. The van der Waals surface area contributed by atoms with E-state index in [1.807, 2.05) is 26.0 Å². The summed E-state index contributed by atoms with van der Waals surface area (Å²) in [4.78, 5) is 24.5. The van der Waals surface area contributed by atoms with Crippen molar-refractivity contribution in [1.82, 2.24) is 5.43 Å². The molecule has 1 N–H and O–H groups in total. The molecular weight excluding hydrogens is 302 g/mol. The Morgan fingerprint density at radius 1 is 1.27 bits per heavy atom. The van der Waals surface area contributed by atoms with Gasteiger partial charge >= 0.3 is 0 Å². The lowest BCUT2D eigenvalue weighted by Gasteiger charge is -2.03. The minimum Gasteiger partial charge on any atom is -0.267 e. The number of thiophene rings is 1. The summed E-state index contributed by atoms with van der Waals surface area (Å²) in [5, 5.41) is 14.8. The smallest absolute Gasteiger partial charge is 0.267 e. The number of nitro groups is 1. The lowest BCUT2D eigenvalue weighted by atomic mass is 10.1. The normalized spacial score (nSPS) is 11.3. The molecule has 0 spiro atoms. The zero-order valence-electron chi connectivity index (χ0n) is 12.4. The van der Waals surface area contributed by atoms with Crippen LogP contribution in [0.3, 0.4) is 0 Å². The molecule has 0 saturated heterocycles. The molecule has 0 aliphatic heterocycles. The van der Waals surface area contributed by atoms with Gasteiger partial charge in [0.15, 0.2) is 0 Å². The maximum absolute atomic E-state index is 12.0. The highest BCUT2D eigenvalue weighted by molar-refractivity contribution is 7.14. The van der Waals surface area contributed by atoms with Crippen molar-refractivity contribution in [2.45, 2.75) is 20.8 Å². The molecule has 0 saturated carbocycles. The largest absolute Gasteiger partial charge is 0.272 e. The molecule has 2 rings (SSSR count). The van der Waals surface area contributed by atoms with Crippen molar-refractivity contribution < 1.29 is 9.72 Å². The average Bonchev–Trinajstić information content (AvgIpc) is 2.90. The van der Waals surface area contributed by atoms with Crippen molar-refractivity contribution in [1.29, 1.82) is 0 Å². The van der Waals surface area contributed by atoms with Gasteiger partial charge in [0.05, 0.1) is 15.5 Å². The summed E-state index contributed by atoms with van der Waals surface area (Å²) >= 11 is 1.59. The van der Waals surface area contributed by atoms with Crippen LogP contribution in [0.4, 0.5) is 5.69 Å². The second kappa shape index (κ2) is 6.48. The molecule has 114 valence electrons. The van der Waals surface area contributed by atoms with Gasteiger partial charge in [0.1, 0.15) is 0 Å². The van der Waals surface area contributed by atoms with E-state index in [1.165, 1.54) is 23.1 Å². The summed E-state index contributed by atoms with van der Waals surface area (Å²) < 4.78 is 0. The van der Waals surface area contributed by atoms with Crippen molar-refractivity contribution in [2.75, 3.05) is 0 Å². The molecule has 1 aromatic heterocycles. The Bertz CT molecular complexity index is 765. The van der Waals surface area contributed by atoms with Crippen molar-refractivity contribution in [3.05, 3.63) is 61.3 Å². The van der Waals surface area contributed by atoms with Gasteiger partial charge in [0.25, 0.3) is 11.6 Å². The van der Waals surface area contributed by atoms with Gasteiger partial charge in [-0.1, -0.05) is 0 Å². The van der Waals surface area contributed by atoms with Crippen LogP contribution in [0.2, 0.25) is 0 Å². The van der Waals surface area contributed by atoms with Crippen LogP contribution < -0.4 is 5.43 Å². The van der Waals surface area contributed by atoms with Crippen LogP contribution in [-0.4, -0.2) is 16.5 Å². The molecular formula is C15H15N3O3S. The zero-order chi connectivity index (χ0) is 16.3. The van der Waals surface area contributed by atoms with Gasteiger partial charge in [0, 0.05) is 22.1 Å². The van der Waals surface area contributed by atoms with E-state index in [9.17, 15) is 14.9 Å². The summed E-state index contributed by atoms with van der Waals surface area (Å²) in [6.45, 7) is 5.41. The topological polar surface area (TPSA) is 84.6 Å². The Hall–Kier alpha value is -2.54. The fraction of sp³-hybridized carbons (Fsp3) is 0.200. The van der Waals surface area contributed by atoms with Gasteiger partial charge < -0.3 is 0 Å². The molecule has 1 heterocycles. The van der Waals surface area contributed by atoms with Gasteiger partial charge in [-0.05, 0) is 45.0 Å². The van der Waals surface area contributed by atoms with E-state index in [4.69, 9.17) is 0 Å². The number of aryl methyl sites for hydroxylation is 2. The number of nitro benzene ring substituents is 1. The monoisotopic (exact) mass is 317 g/mol. The Labute approximate surface area is 131 Å². The van der Waals surface area contributed by atoms with Crippen LogP contribution in [0.5, 0.6) is 0 Å². The molecule has 7 heteroatoms. The predicted molar refractivity (Wildman–Crippen MR) is 86.6 cm³/mol. The van der Waals surface area contributed by atoms with Gasteiger partial charge in [-0.25, -0.2) is 5.43 Å². The van der Waals surface area contributed by atoms with E-state index in [-0.39, 0.29) is 5.69 Å². The summed E-state index contributed by atoms with van der Waals surface area (Å²) in [5.74, 6) is -0.398. The van der Waals surface area contributed by atoms with Crippen LogP contribution in [0.15, 0.2) is 35.4 Å². The van der Waals surface area contributed by atoms with Crippen molar-refractivity contribution in [2.24, 2.45) is 5.10 Å². The van der Waals surface area contributed by atoms with Crippen LogP contribution >= 0.6 is 11.3 Å². The first-order valence-corrected chi connectivity index (χ1v) is 7.36. The summed E-state index contributed by atoms with van der Waals surface area (Å²) in [5.41, 5.74) is 3.94. The first-order chi connectivity index (χ1) is 10.4. The lowest BCUT2D eigenvalue weighted by Crippen LogP contribution is -2.19. The fourth-order valence-corrected chi connectivity index (χ4v) is 2.70. The second-order valence-electron chi connectivity index (χ2n) is 4.81. The molecule has 0 aliphatic carbocycles. The average molecular weight is 317 g/mol. The molecule has 2 aromatic rings. The molecule has 22 heavy (non-hydrogen) atoms. The zero-order valence-corrected chi connectivity index (χ0v) is 13.2. The molecule has 1 aromatic carbocycles. The van der Waals surface area contributed by atoms with E-state index >= 15 is 0 Å². The van der Waals surface area contributed by atoms with E-state index in [1.54, 1.807) is 18.3 Å². The summed E-state index contributed by atoms with van der Waals surface area (Å²) in [7, 11) is 0. The molecule has 0 aliphatic rings.